The Kier molecular flexibility index (Phi) is 8.99. The molecule has 1 fully saturated rings. The van der Waals surface area contributed by atoms with Crippen LogP contribution in [0, 0.1) is 18.8 Å². The van der Waals surface area contributed by atoms with Crippen LogP contribution >= 0.6 is 0 Å². The molecule has 0 N–H and O–H groups in total. The molecule has 1 saturated carbocycles. The van der Waals surface area contributed by atoms with E-state index in [0.717, 1.165) is 18.3 Å². The average Bonchev–Trinajstić information content (AvgIpc) is 2.31. The van der Waals surface area contributed by atoms with Gasteiger partial charge in [-0.2, -0.15) is 0 Å². The smallest absolute Gasteiger partial charge is 0.0280 e. The summed E-state index contributed by atoms with van der Waals surface area (Å²) in [6.07, 6.45) is 12.1. The van der Waals surface area contributed by atoms with Crippen molar-refractivity contribution >= 4 is 0 Å². The van der Waals surface area contributed by atoms with Gasteiger partial charge in [-0.25, -0.2) is 0 Å². The quantitative estimate of drug-likeness (QED) is 0.442. The first-order valence-corrected chi connectivity index (χ1v) is 6.36. The molecule has 0 saturated heterocycles. The Bertz CT molecular complexity index is 204. The number of hydrogen-bond donors (Lipinski definition) is 0. The Morgan fingerprint density at radius 1 is 1.19 bits per heavy atom. The zero-order chi connectivity index (χ0) is 12.4. The summed E-state index contributed by atoms with van der Waals surface area (Å²) in [7, 11) is 0. The maximum absolute atomic E-state index is 4.02. The van der Waals surface area contributed by atoms with Crippen molar-refractivity contribution in [3.63, 3.8) is 0 Å². The molecular formula is C16H27. The van der Waals surface area contributed by atoms with Crippen LogP contribution in [0.1, 0.15) is 45.4 Å². The minimum atomic E-state index is 0.959. The molecule has 0 heterocycles. The van der Waals surface area contributed by atoms with Crippen LogP contribution in [0.5, 0.6) is 0 Å². The van der Waals surface area contributed by atoms with Gasteiger partial charge in [-0.3, -0.25) is 0 Å². The Hall–Kier alpha value is -0.780. The second-order valence-corrected chi connectivity index (χ2v) is 4.73. The summed E-state index contributed by atoms with van der Waals surface area (Å²) in [5.41, 5.74) is 1.23. The van der Waals surface area contributed by atoms with Gasteiger partial charge in [0, 0.05) is 0 Å². The zero-order valence-electron chi connectivity index (χ0n) is 10.9. The molecule has 16 heavy (non-hydrogen) atoms. The van der Waals surface area contributed by atoms with Gasteiger partial charge >= 0.3 is 0 Å². The molecule has 0 nitrogen and oxygen atoms in total. The highest BCUT2D eigenvalue weighted by molar-refractivity contribution is 5.12. The van der Waals surface area contributed by atoms with Crippen LogP contribution in [0.15, 0.2) is 37.5 Å². The minimum Gasteiger partial charge on any atom is -0.106 e. The van der Waals surface area contributed by atoms with E-state index in [4.69, 9.17) is 0 Å². The lowest BCUT2D eigenvalue weighted by atomic mass is 9.80. The van der Waals surface area contributed by atoms with Crippen LogP contribution in [0.4, 0.5) is 0 Å². The van der Waals surface area contributed by atoms with Gasteiger partial charge in [0.2, 0.25) is 0 Å². The molecule has 1 radical (unpaired) electrons. The SMILES string of the molecule is C=C.[CH2]/C(=C\C=C)CCC1CCC(C)CC1. The van der Waals surface area contributed by atoms with E-state index in [1.807, 2.05) is 12.2 Å². The molecular weight excluding hydrogens is 192 g/mol. The molecule has 0 amide bonds. The molecule has 1 aliphatic rings. The third-order valence-electron chi connectivity index (χ3n) is 3.36. The maximum atomic E-state index is 4.02. The molecule has 0 bridgehead atoms. The van der Waals surface area contributed by atoms with E-state index >= 15 is 0 Å². The van der Waals surface area contributed by atoms with Crippen molar-refractivity contribution in [3.05, 3.63) is 44.4 Å². The summed E-state index contributed by atoms with van der Waals surface area (Å²) in [5.74, 6) is 1.93. The molecule has 0 heteroatoms. The van der Waals surface area contributed by atoms with Gasteiger partial charge < -0.3 is 0 Å². The molecule has 0 spiro atoms. The maximum Gasteiger partial charge on any atom is -0.0280 e. The van der Waals surface area contributed by atoms with Crippen LogP contribution in [-0.2, 0) is 0 Å². The van der Waals surface area contributed by atoms with Crippen molar-refractivity contribution in [1.29, 1.82) is 0 Å². The highest BCUT2D eigenvalue weighted by atomic mass is 14.2. The lowest BCUT2D eigenvalue weighted by Crippen LogP contribution is -2.12. The van der Waals surface area contributed by atoms with E-state index in [1.54, 1.807) is 0 Å². The monoisotopic (exact) mass is 219 g/mol. The van der Waals surface area contributed by atoms with Crippen molar-refractivity contribution in [2.75, 3.05) is 0 Å². The third kappa shape index (κ3) is 6.66. The van der Waals surface area contributed by atoms with E-state index in [2.05, 4.69) is 33.6 Å². The minimum absolute atomic E-state index is 0.959. The summed E-state index contributed by atoms with van der Waals surface area (Å²) in [5, 5.41) is 0. The van der Waals surface area contributed by atoms with Gasteiger partial charge in [-0.1, -0.05) is 56.9 Å². The van der Waals surface area contributed by atoms with Gasteiger partial charge in [0.15, 0.2) is 0 Å². The zero-order valence-corrected chi connectivity index (χ0v) is 10.9. The lowest BCUT2D eigenvalue weighted by molar-refractivity contribution is 0.278. The largest absolute Gasteiger partial charge is 0.106 e. The highest BCUT2D eigenvalue weighted by Crippen LogP contribution is 2.31. The molecule has 0 aromatic rings. The second-order valence-electron chi connectivity index (χ2n) is 4.73. The average molecular weight is 219 g/mol. The molecule has 0 aromatic carbocycles. The normalized spacial score (nSPS) is 25.5. The standard InChI is InChI=1S/C14H23.C2H4/c1-4-5-12(2)6-9-14-10-7-13(3)8-11-14;1-2/h4-5,13-14H,1-2,6-11H2,3H3;1-2H2/b12-5+;. The fraction of sp³-hybridized carbons (Fsp3) is 0.562. The van der Waals surface area contributed by atoms with Crippen molar-refractivity contribution in [2.45, 2.75) is 45.4 Å². The van der Waals surface area contributed by atoms with E-state index in [1.165, 1.54) is 37.7 Å². The molecule has 0 aliphatic heterocycles. The summed E-state index contributed by atoms with van der Waals surface area (Å²) in [6, 6.07) is 0. The van der Waals surface area contributed by atoms with E-state index in [9.17, 15) is 0 Å². The van der Waals surface area contributed by atoms with Crippen molar-refractivity contribution < 1.29 is 0 Å². The number of allylic oxidation sites excluding steroid dienone is 3. The molecule has 1 rings (SSSR count). The van der Waals surface area contributed by atoms with Crippen LogP contribution in [0.2, 0.25) is 0 Å². The fourth-order valence-corrected chi connectivity index (χ4v) is 2.26. The van der Waals surface area contributed by atoms with Crippen molar-refractivity contribution in [2.24, 2.45) is 11.8 Å². The Balaban J connectivity index is 0.00000106. The molecule has 0 aromatic heterocycles. The van der Waals surface area contributed by atoms with Crippen LogP contribution < -0.4 is 0 Å². The second kappa shape index (κ2) is 9.45. The lowest BCUT2D eigenvalue weighted by Gasteiger charge is -2.26. The van der Waals surface area contributed by atoms with Gasteiger partial charge in [-0.05, 0) is 31.6 Å². The Labute approximate surface area is 102 Å². The molecule has 1 aliphatic carbocycles. The fourth-order valence-electron chi connectivity index (χ4n) is 2.26. The molecule has 0 atom stereocenters. The highest BCUT2D eigenvalue weighted by Gasteiger charge is 2.17. The van der Waals surface area contributed by atoms with Gasteiger partial charge in [0.05, 0.1) is 0 Å². The predicted molar refractivity (Wildman–Crippen MR) is 75.2 cm³/mol. The summed E-state index contributed by atoms with van der Waals surface area (Å²) >= 11 is 0. The molecule has 0 unspecified atom stereocenters. The van der Waals surface area contributed by atoms with E-state index in [0.29, 0.717) is 0 Å². The van der Waals surface area contributed by atoms with Gasteiger partial charge in [-0.15, -0.1) is 13.2 Å². The molecule has 91 valence electrons. The van der Waals surface area contributed by atoms with Gasteiger partial charge in [0.1, 0.15) is 0 Å². The van der Waals surface area contributed by atoms with Crippen LogP contribution in [0.25, 0.3) is 0 Å². The third-order valence-corrected chi connectivity index (χ3v) is 3.36. The first kappa shape index (κ1) is 15.2. The van der Waals surface area contributed by atoms with Crippen molar-refractivity contribution in [3.8, 4) is 0 Å². The number of rotatable bonds is 4. The predicted octanol–water partition coefficient (Wildman–Crippen LogP) is 5.34. The first-order valence-electron chi connectivity index (χ1n) is 6.36. The van der Waals surface area contributed by atoms with E-state index in [-0.39, 0.29) is 0 Å². The summed E-state index contributed by atoms with van der Waals surface area (Å²) < 4.78 is 0. The van der Waals surface area contributed by atoms with Crippen molar-refractivity contribution in [1.82, 2.24) is 0 Å². The van der Waals surface area contributed by atoms with E-state index < -0.39 is 0 Å². The van der Waals surface area contributed by atoms with Crippen LogP contribution in [-0.4, -0.2) is 0 Å². The van der Waals surface area contributed by atoms with Gasteiger partial charge in [0.25, 0.3) is 0 Å². The summed E-state index contributed by atoms with van der Waals surface area (Å²) in [4.78, 5) is 0. The number of hydrogen-bond acceptors (Lipinski definition) is 0. The Morgan fingerprint density at radius 3 is 2.25 bits per heavy atom. The first-order chi connectivity index (χ1) is 7.72. The van der Waals surface area contributed by atoms with Crippen LogP contribution in [0.3, 0.4) is 0 Å². The topological polar surface area (TPSA) is 0 Å². The Morgan fingerprint density at radius 2 is 1.75 bits per heavy atom. The summed E-state index contributed by atoms with van der Waals surface area (Å²) in [6.45, 7) is 16.1.